The molecular weight excluding hydrogens is 358 g/mol. The van der Waals surface area contributed by atoms with Crippen LogP contribution in [0.15, 0.2) is 30.9 Å². The van der Waals surface area contributed by atoms with E-state index in [1.165, 1.54) is 0 Å². The highest BCUT2D eigenvalue weighted by Crippen LogP contribution is 2.25. The first-order valence-electron chi connectivity index (χ1n) is 8.40. The number of benzene rings is 1. The molecule has 0 saturated carbocycles. The SMILES string of the molecule is C=CCOc1ccc(CC(=O)OC(C)N(CC)CC)cc1Cl.CC(=O)O. The summed E-state index contributed by atoms with van der Waals surface area (Å²) in [5, 5.41) is 7.89. The number of hydrogen-bond donors (Lipinski definition) is 1. The molecule has 0 aliphatic carbocycles. The average molecular weight is 386 g/mol. The van der Waals surface area contributed by atoms with E-state index in [0.717, 1.165) is 25.6 Å². The molecule has 0 bridgehead atoms. The van der Waals surface area contributed by atoms with Gasteiger partial charge in [0.05, 0.1) is 11.4 Å². The summed E-state index contributed by atoms with van der Waals surface area (Å²) in [6, 6.07) is 5.29. The number of ether oxygens (including phenoxy) is 2. The molecule has 146 valence electrons. The lowest BCUT2D eigenvalue weighted by Crippen LogP contribution is -2.36. The summed E-state index contributed by atoms with van der Waals surface area (Å²) in [6.07, 6.45) is 1.61. The molecule has 0 radical (unpaired) electrons. The third-order valence-corrected chi connectivity index (χ3v) is 3.63. The van der Waals surface area contributed by atoms with Crippen LogP contribution in [0, 0.1) is 0 Å². The maximum atomic E-state index is 12.0. The molecule has 26 heavy (non-hydrogen) atoms. The third kappa shape index (κ3) is 10.1. The molecule has 0 saturated heterocycles. The van der Waals surface area contributed by atoms with E-state index in [0.29, 0.717) is 17.4 Å². The number of carbonyl (C=O) groups excluding carboxylic acids is 1. The van der Waals surface area contributed by atoms with Gasteiger partial charge in [0.15, 0.2) is 6.23 Å². The monoisotopic (exact) mass is 385 g/mol. The van der Waals surface area contributed by atoms with Gasteiger partial charge in [0.2, 0.25) is 0 Å². The lowest BCUT2D eigenvalue weighted by atomic mass is 10.1. The molecule has 0 amide bonds. The van der Waals surface area contributed by atoms with Crippen LogP contribution in [0.3, 0.4) is 0 Å². The van der Waals surface area contributed by atoms with E-state index in [4.69, 9.17) is 31.0 Å². The van der Waals surface area contributed by atoms with Crippen LogP contribution >= 0.6 is 11.6 Å². The predicted octanol–water partition coefficient (Wildman–Crippen LogP) is 3.77. The van der Waals surface area contributed by atoms with Gasteiger partial charge in [-0.15, -0.1) is 0 Å². The van der Waals surface area contributed by atoms with Gasteiger partial charge in [-0.25, -0.2) is 0 Å². The van der Waals surface area contributed by atoms with E-state index < -0.39 is 5.97 Å². The number of rotatable bonds is 9. The van der Waals surface area contributed by atoms with Crippen molar-refractivity contribution >= 4 is 23.5 Å². The number of carbonyl (C=O) groups is 2. The van der Waals surface area contributed by atoms with Gasteiger partial charge >= 0.3 is 5.97 Å². The molecule has 1 aromatic carbocycles. The van der Waals surface area contributed by atoms with Gasteiger partial charge in [-0.05, 0) is 37.7 Å². The Bertz CT molecular complexity index is 583. The van der Waals surface area contributed by atoms with E-state index in [1.807, 2.05) is 26.8 Å². The molecule has 0 spiro atoms. The number of hydrogen-bond acceptors (Lipinski definition) is 5. The minimum absolute atomic E-state index is 0.188. The normalized spacial score (nSPS) is 11.2. The largest absolute Gasteiger partial charge is 0.488 e. The number of esters is 1. The van der Waals surface area contributed by atoms with Crippen molar-refractivity contribution in [3.8, 4) is 5.75 Å². The third-order valence-electron chi connectivity index (χ3n) is 3.33. The Kier molecular flexibility index (Phi) is 12.2. The summed E-state index contributed by atoms with van der Waals surface area (Å²) >= 11 is 6.13. The van der Waals surface area contributed by atoms with E-state index in [-0.39, 0.29) is 18.6 Å². The Morgan fingerprint density at radius 2 is 1.92 bits per heavy atom. The first-order chi connectivity index (χ1) is 12.2. The van der Waals surface area contributed by atoms with Crippen LogP contribution in [0.2, 0.25) is 5.02 Å². The van der Waals surface area contributed by atoms with Gasteiger partial charge in [0.25, 0.3) is 5.97 Å². The van der Waals surface area contributed by atoms with Crippen LogP contribution in [0.5, 0.6) is 5.75 Å². The maximum absolute atomic E-state index is 12.0. The van der Waals surface area contributed by atoms with Crippen LogP contribution in [0.4, 0.5) is 0 Å². The smallest absolute Gasteiger partial charge is 0.311 e. The number of aliphatic carboxylic acids is 1. The fourth-order valence-corrected chi connectivity index (χ4v) is 2.39. The second-order valence-corrected chi connectivity index (χ2v) is 5.78. The Balaban J connectivity index is 0.00000141. The Morgan fingerprint density at radius 1 is 1.35 bits per heavy atom. The highest BCUT2D eigenvalue weighted by atomic mass is 35.5. The molecule has 0 heterocycles. The molecule has 6 nitrogen and oxygen atoms in total. The summed E-state index contributed by atoms with van der Waals surface area (Å²) in [5.74, 6) is -0.523. The lowest BCUT2D eigenvalue weighted by Gasteiger charge is -2.25. The van der Waals surface area contributed by atoms with Gasteiger partial charge < -0.3 is 14.6 Å². The van der Waals surface area contributed by atoms with Crippen LogP contribution in [-0.2, 0) is 20.7 Å². The molecule has 0 aliphatic rings. The molecule has 0 aliphatic heterocycles. The minimum Gasteiger partial charge on any atom is -0.488 e. The molecule has 1 unspecified atom stereocenters. The highest BCUT2D eigenvalue weighted by Gasteiger charge is 2.15. The number of halogens is 1. The molecule has 1 N–H and O–H groups in total. The van der Waals surface area contributed by atoms with Gasteiger partial charge in [-0.1, -0.05) is 44.2 Å². The summed E-state index contributed by atoms with van der Waals surface area (Å²) < 4.78 is 10.8. The zero-order valence-electron chi connectivity index (χ0n) is 15.8. The number of nitrogens with zero attached hydrogens (tertiary/aromatic N) is 1. The Hall–Kier alpha value is -2.05. The van der Waals surface area contributed by atoms with E-state index >= 15 is 0 Å². The standard InChI is InChI=1S/C17H24ClNO3.C2H4O2/c1-5-10-21-16-9-8-14(11-15(16)18)12-17(20)22-13(4)19(6-2)7-3;1-2(3)4/h5,8-9,11,13H,1,6-7,10,12H2,2-4H3;1H3,(H,3,4). The van der Waals surface area contributed by atoms with Crippen molar-refractivity contribution in [3.63, 3.8) is 0 Å². The van der Waals surface area contributed by atoms with Crippen molar-refractivity contribution in [2.24, 2.45) is 0 Å². The van der Waals surface area contributed by atoms with E-state index in [2.05, 4.69) is 11.5 Å². The van der Waals surface area contributed by atoms with Crippen molar-refractivity contribution in [3.05, 3.63) is 41.4 Å². The molecule has 0 fully saturated rings. The fourth-order valence-electron chi connectivity index (χ4n) is 2.13. The zero-order valence-corrected chi connectivity index (χ0v) is 16.6. The van der Waals surface area contributed by atoms with Crippen LogP contribution in [0.25, 0.3) is 0 Å². The quantitative estimate of drug-likeness (QED) is 0.396. The van der Waals surface area contributed by atoms with E-state index in [1.54, 1.807) is 18.2 Å². The molecular formula is C19H28ClNO5. The lowest BCUT2D eigenvalue weighted by molar-refractivity contribution is -0.156. The molecule has 1 atom stereocenters. The Morgan fingerprint density at radius 3 is 2.38 bits per heavy atom. The van der Waals surface area contributed by atoms with E-state index in [9.17, 15) is 4.79 Å². The second-order valence-electron chi connectivity index (χ2n) is 5.37. The summed E-state index contributed by atoms with van der Waals surface area (Å²) in [4.78, 5) is 23.1. The maximum Gasteiger partial charge on any atom is 0.311 e. The molecule has 7 heteroatoms. The fraction of sp³-hybridized carbons (Fsp3) is 0.474. The van der Waals surface area contributed by atoms with Crippen LogP contribution < -0.4 is 4.74 Å². The summed E-state index contributed by atoms with van der Waals surface area (Å²) in [6.45, 7) is 12.7. The first kappa shape index (κ1) is 23.9. The minimum atomic E-state index is -0.833. The van der Waals surface area contributed by atoms with Gasteiger partial charge in [0, 0.05) is 6.92 Å². The summed E-state index contributed by atoms with van der Waals surface area (Å²) in [5.41, 5.74) is 0.799. The Labute approximate surface area is 160 Å². The van der Waals surface area contributed by atoms with Gasteiger partial charge in [0.1, 0.15) is 12.4 Å². The van der Waals surface area contributed by atoms with Crippen molar-refractivity contribution in [2.75, 3.05) is 19.7 Å². The average Bonchev–Trinajstić information content (AvgIpc) is 2.54. The van der Waals surface area contributed by atoms with Crippen molar-refractivity contribution in [2.45, 2.75) is 40.3 Å². The van der Waals surface area contributed by atoms with Crippen molar-refractivity contribution in [1.29, 1.82) is 0 Å². The second kappa shape index (κ2) is 13.2. The first-order valence-corrected chi connectivity index (χ1v) is 8.78. The number of carboxylic acids is 1. The zero-order chi connectivity index (χ0) is 20.1. The van der Waals surface area contributed by atoms with Crippen LogP contribution in [-0.4, -0.2) is 47.9 Å². The molecule has 1 aromatic rings. The van der Waals surface area contributed by atoms with Crippen LogP contribution in [0.1, 0.15) is 33.3 Å². The van der Waals surface area contributed by atoms with Crippen molar-refractivity contribution < 1.29 is 24.2 Å². The topological polar surface area (TPSA) is 76.1 Å². The highest BCUT2D eigenvalue weighted by molar-refractivity contribution is 6.32. The van der Waals surface area contributed by atoms with Gasteiger partial charge in [-0.2, -0.15) is 0 Å². The number of carboxylic acid groups (broad SMARTS) is 1. The van der Waals surface area contributed by atoms with Crippen molar-refractivity contribution in [1.82, 2.24) is 4.90 Å². The summed E-state index contributed by atoms with van der Waals surface area (Å²) in [7, 11) is 0. The predicted molar refractivity (Wildman–Crippen MR) is 103 cm³/mol. The molecule has 0 aromatic heterocycles. The van der Waals surface area contributed by atoms with Gasteiger partial charge in [-0.3, -0.25) is 14.5 Å². The molecule has 1 rings (SSSR count).